The lowest BCUT2D eigenvalue weighted by Crippen LogP contribution is -2.10. The molecule has 0 bridgehead atoms. The molecule has 0 aliphatic rings. The van der Waals surface area contributed by atoms with Gasteiger partial charge >= 0.3 is 0 Å². The molecule has 2 N–H and O–H groups in total. The molecule has 0 atom stereocenters. The van der Waals surface area contributed by atoms with Crippen molar-refractivity contribution in [3.63, 3.8) is 0 Å². The highest BCUT2D eigenvalue weighted by Crippen LogP contribution is 2.00. The molecule has 0 aliphatic carbocycles. The van der Waals surface area contributed by atoms with Crippen LogP contribution < -0.4 is 10.6 Å². The number of nitrogens with one attached hydrogen (secondary N) is 2. The Morgan fingerprint density at radius 2 is 2.06 bits per heavy atom. The molecule has 17 heavy (non-hydrogen) atoms. The number of amides is 1. The molecule has 0 radical (unpaired) electrons. The highest BCUT2D eigenvalue weighted by molar-refractivity contribution is 5.49. The minimum atomic E-state index is -0.522. The van der Waals surface area contributed by atoms with Crippen molar-refractivity contribution < 1.29 is 13.9 Å². The minimum absolute atomic E-state index is 0.0315. The number of rotatable bonds is 7. The minimum Gasteiger partial charge on any atom is -0.494 e. The smallest absolute Gasteiger partial charge is 0.211 e. The summed E-state index contributed by atoms with van der Waals surface area (Å²) in [7, 11) is 1.93. The predicted molar refractivity (Wildman–Crippen MR) is 68.2 cm³/mol. The van der Waals surface area contributed by atoms with Crippen LogP contribution in [0.5, 0.6) is 0 Å². The summed E-state index contributed by atoms with van der Waals surface area (Å²) < 4.78 is 16.5. The molecule has 100 valence electrons. The van der Waals surface area contributed by atoms with Gasteiger partial charge in [0.15, 0.2) is 0 Å². The molecule has 5 heteroatoms. The van der Waals surface area contributed by atoms with Gasteiger partial charge in [0.05, 0.1) is 5.70 Å². The van der Waals surface area contributed by atoms with Crippen LogP contribution in [0.4, 0.5) is 4.39 Å². The maximum atomic E-state index is 11.6. The van der Waals surface area contributed by atoms with Crippen molar-refractivity contribution in [2.24, 2.45) is 0 Å². The summed E-state index contributed by atoms with van der Waals surface area (Å²) in [6.07, 6.45) is 4.65. The number of halogens is 1. The molecule has 0 aliphatic heterocycles. The van der Waals surface area contributed by atoms with Crippen molar-refractivity contribution >= 4 is 6.41 Å². The second kappa shape index (κ2) is 14.6. The monoisotopic (exact) mass is 246 g/mol. The summed E-state index contributed by atoms with van der Waals surface area (Å²) in [6.45, 7) is 5.85. The third-order valence-corrected chi connectivity index (χ3v) is 1.76. The average Bonchev–Trinajstić information content (AvgIpc) is 2.34. The zero-order valence-corrected chi connectivity index (χ0v) is 11.0. The van der Waals surface area contributed by atoms with Crippen LogP contribution in [0.25, 0.3) is 0 Å². The predicted octanol–water partition coefficient (Wildman–Crippen LogP) is 1.75. The molecular weight excluding hydrogens is 223 g/mol. The third kappa shape index (κ3) is 14.6. The van der Waals surface area contributed by atoms with E-state index < -0.39 is 6.67 Å². The normalized spacial score (nSPS) is 11.4. The van der Waals surface area contributed by atoms with E-state index in [0.717, 1.165) is 6.54 Å². The number of allylic oxidation sites excluding steroid dienone is 3. The number of likely N-dealkylation sites (N-methyl/N-ethyl adjacent to an activating group) is 1. The Morgan fingerprint density at radius 1 is 1.41 bits per heavy atom. The Labute approximate surface area is 103 Å². The van der Waals surface area contributed by atoms with Crippen LogP contribution in [0.15, 0.2) is 23.6 Å². The Morgan fingerprint density at radius 3 is 2.41 bits per heavy atom. The lowest BCUT2D eigenvalue weighted by molar-refractivity contribution is -0.109. The standard InChI is InChI=1S/C7H12FNO2.C5H11N/c1-6(9-5-10)7(2)11-4-3-8;1-3-4-5-6-2/h5H,3-4H2,1-2H3,(H,9,10);3-4,6H,5H2,1-2H3/b7-6-;4-3+. The van der Waals surface area contributed by atoms with Gasteiger partial charge in [0.25, 0.3) is 0 Å². The molecular formula is C12H23FN2O2. The SMILES string of the molecule is C/C(NC=O)=C(\C)OCCF.C/C=C/CNC. The van der Waals surface area contributed by atoms with E-state index in [1.54, 1.807) is 13.8 Å². The fourth-order valence-corrected chi connectivity index (χ4v) is 0.726. The Kier molecular flexibility index (Phi) is 15.5. The molecule has 0 saturated carbocycles. The fraction of sp³-hybridized carbons (Fsp3) is 0.583. The molecule has 0 fully saturated rings. The van der Waals surface area contributed by atoms with E-state index in [4.69, 9.17) is 4.74 Å². The van der Waals surface area contributed by atoms with Gasteiger partial charge in [-0.1, -0.05) is 12.2 Å². The Bertz CT molecular complexity index is 241. The molecule has 1 amide bonds. The van der Waals surface area contributed by atoms with Gasteiger partial charge in [0.2, 0.25) is 6.41 Å². The van der Waals surface area contributed by atoms with E-state index in [9.17, 15) is 9.18 Å². The molecule has 0 unspecified atom stereocenters. The Hall–Kier alpha value is -1.36. The van der Waals surface area contributed by atoms with Crippen molar-refractivity contribution in [1.82, 2.24) is 10.6 Å². The largest absolute Gasteiger partial charge is 0.494 e. The topological polar surface area (TPSA) is 50.4 Å². The number of hydrogen-bond acceptors (Lipinski definition) is 3. The van der Waals surface area contributed by atoms with E-state index in [1.807, 2.05) is 20.0 Å². The van der Waals surface area contributed by atoms with Gasteiger partial charge in [0.1, 0.15) is 19.0 Å². The molecule has 0 saturated heterocycles. The van der Waals surface area contributed by atoms with Gasteiger partial charge in [-0.25, -0.2) is 4.39 Å². The highest BCUT2D eigenvalue weighted by Gasteiger charge is 1.95. The van der Waals surface area contributed by atoms with Crippen LogP contribution in [-0.4, -0.2) is 33.3 Å². The maximum absolute atomic E-state index is 11.6. The van der Waals surface area contributed by atoms with Gasteiger partial charge in [-0.15, -0.1) is 0 Å². The lowest BCUT2D eigenvalue weighted by Gasteiger charge is -2.06. The first-order chi connectivity index (χ1) is 8.13. The zero-order chi connectivity index (χ0) is 13.5. The summed E-state index contributed by atoms with van der Waals surface area (Å²) >= 11 is 0. The maximum Gasteiger partial charge on any atom is 0.211 e. The molecule has 0 rings (SSSR count). The van der Waals surface area contributed by atoms with Crippen LogP contribution in [0.3, 0.4) is 0 Å². The lowest BCUT2D eigenvalue weighted by atomic mass is 10.4. The summed E-state index contributed by atoms with van der Waals surface area (Å²) in [4.78, 5) is 9.92. The zero-order valence-electron chi connectivity index (χ0n) is 11.0. The number of carbonyl (C=O) groups excluding carboxylic acids is 1. The van der Waals surface area contributed by atoms with E-state index in [-0.39, 0.29) is 6.61 Å². The van der Waals surface area contributed by atoms with E-state index in [0.29, 0.717) is 17.9 Å². The number of alkyl halides is 1. The van der Waals surface area contributed by atoms with Crippen molar-refractivity contribution in [3.05, 3.63) is 23.6 Å². The molecule has 4 nitrogen and oxygen atoms in total. The second-order valence-corrected chi connectivity index (χ2v) is 3.11. The van der Waals surface area contributed by atoms with Crippen molar-refractivity contribution in [3.8, 4) is 0 Å². The molecule has 0 aromatic heterocycles. The van der Waals surface area contributed by atoms with Gasteiger partial charge in [0, 0.05) is 6.54 Å². The molecule has 0 aromatic carbocycles. The quantitative estimate of drug-likeness (QED) is 0.409. The van der Waals surface area contributed by atoms with Crippen molar-refractivity contribution in [2.75, 3.05) is 26.9 Å². The van der Waals surface area contributed by atoms with E-state index >= 15 is 0 Å². The Balaban J connectivity index is 0. The van der Waals surface area contributed by atoms with E-state index in [2.05, 4.69) is 16.7 Å². The first kappa shape index (κ1) is 18.0. The van der Waals surface area contributed by atoms with Gasteiger partial charge in [-0.3, -0.25) is 4.79 Å². The summed E-state index contributed by atoms with van der Waals surface area (Å²) in [5, 5.41) is 5.39. The van der Waals surface area contributed by atoms with Gasteiger partial charge in [-0.05, 0) is 27.8 Å². The van der Waals surface area contributed by atoms with Crippen LogP contribution in [-0.2, 0) is 9.53 Å². The summed E-state index contributed by atoms with van der Waals surface area (Å²) in [5.41, 5.74) is 0.605. The number of hydrogen-bond donors (Lipinski definition) is 2. The van der Waals surface area contributed by atoms with Gasteiger partial charge < -0.3 is 15.4 Å². The second-order valence-electron chi connectivity index (χ2n) is 3.11. The van der Waals surface area contributed by atoms with Crippen LogP contribution in [0.1, 0.15) is 20.8 Å². The molecule has 0 spiro atoms. The molecule has 0 heterocycles. The summed E-state index contributed by atoms with van der Waals surface area (Å²) in [5.74, 6) is 0.537. The number of carbonyl (C=O) groups is 1. The van der Waals surface area contributed by atoms with Crippen molar-refractivity contribution in [2.45, 2.75) is 20.8 Å². The van der Waals surface area contributed by atoms with Crippen LogP contribution in [0, 0.1) is 0 Å². The van der Waals surface area contributed by atoms with Gasteiger partial charge in [-0.2, -0.15) is 0 Å². The molecule has 0 aromatic rings. The number of ether oxygens (including phenoxy) is 1. The average molecular weight is 246 g/mol. The van der Waals surface area contributed by atoms with E-state index in [1.165, 1.54) is 0 Å². The summed E-state index contributed by atoms with van der Waals surface area (Å²) in [6, 6.07) is 0. The fourth-order valence-electron chi connectivity index (χ4n) is 0.726. The van der Waals surface area contributed by atoms with Crippen LogP contribution >= 0.6 is 0 Å². The van der Waals surface area contributed by atoms with Crippen molar-refractivity contribution in [1.29, 1.82) is 0 Å². The first-order valence-corrected chi connectivity index (χ1v) is 5.46. The highest BCUT2D eigenvalue weighted by atomic mass is 19.1. The third-order valence-electron chi connectivity index (χ3n) is 1.76. The van der Waals surface area contributed by atoms with Crippen LogP contribution in [0.2, 0.25) is 0 Å². The first-order valence-electron chi connectivity index (χ1n) is 5.46.